The van der Waals surface area contributed by atoms with Crippen LogP contribution in [-0.2, 0) is 0 Å². The Labute approximate surface area is 91.3 Å². The summed E-state index contributed by atoms with van der Waals surface area (Å²) in [5.74, 6) is 0.933. The highest BCUT2D eigenvalue weighted by Crippen LogP contribution is 2.09. The van der Waals surface area contributed by atoms with E-state index in [1.807, 2.05) is 13.8 Å². The molecule has 0 aromatic rings. The summed E-state index contributed by atoms with van der Waals surface area (Å²) in [6, 6.07) is 0. The zero-order chi connectivity index (χ0) is 10.6. The molecule has 1 saturated heterocycles. The number of rotatable bonds is 5. The monoisotopic (exact) mass is 202 g/mol. The van der Waals surface area contributed by atoms with Gasteiger partial charge in [-0.3, -0.25) is 0 Å². The second-order valence-corrected chi connectivity index (χ2v) is 3.75. The molecule has 0 aliphatic carbocycles. The molecule has 1 aliphatic rings. The predicted octanol–water partition coefficient (Wildman–Crippen LogP) is 2.65. The van der Waals surface area contributed by atoms with Crippen molar-refractivity contribution in [2.75, 3.05) is 26.2 Å². The lowest BCUT2D eigenvalue weighted by Crippen LogP contribution is -2.33. The molecule has 0 spiro atoms. The molecule has 0 bridgehead atoms. The van der Waals surface area contributed by atoms with Gasteiger partial charge in [-0.2, -0.15) is 0 Å². The molecule has 88 valence electrons. The summed E-state index contributed by atoms with van der Waals surface area (Å²) in [4.78, 5) is 0. The summed E-state index contributed by atoms with van der Waals surface area (Å²) < 4.78 is 0. The number of hydrogen-bond acceptors (Lipinski definition) is 2. The van der Waals surface area contributed by atoms with Crippen LogP contribution in [0.5, 0.6) is 0 Å². The first-order chi connectivity index (χ1) is 6.93. The Morgan fingerprint density at radius 3 is 2.50 bits per heavy atom. The first-order valence-corrected chi connectivity index (χ1v) is 6.35. The fraction of sp³-hybridized carbons (Fsp3) is 1.00. The summed E-state index contributed by atoms with van der Waals surface area (Å²) in [5, 5.41) is 6.92. The third-order valence-electron chi connectivity index (χ3n) is 2.60. The summed E-state index contributed by atoms with van der Waals surface area (Å²) in [5.41, 5.74) is 0. The summed E-state index contributed by atoms with van der Waals surface area (Å²) >= 11 is 0. The smallest absolute Gasteiger partial charge is 0 e. The van der Waals surface area contributed by atoms with Crippen molar-refractivity contribution < 1.29 is 1.43 Å². The predicted molar refractivity (Wildman–Crippen MR) is 66.8 cm³/mol. The molecule has 1 aliphatic heterocycles. The molecule has 1 heterocycles. The van der Waals surface area contributed by atoms with E-state index in [1.54, 1.807) is 0 Å². The molecule has 0 aromatic carbocycles. The van der Waals surface area contributed by atoms with Gasteiger partial charge in [-0.1, -0.05) is 27.2 Å². The van der Waals surface area contributed by atoms with Gasteiger partial charge in [-0.15, -0.1) is 0 Å². The Kier molecular flexibility index (Phi) is 10.9. The lowest BCUT2D eigenvalue weighted by molar-refractivity contribution is 0.356. The molecule has 0 saturated carbocycles. The van der Waals surface area contributed by atoms with Crippen molar-refractivity contribution >= 4 is 0 Å². The molecule has 14 heavy (non-hydrogen) atoms. The first kappa shape index (κ1) is 13.9. The molecule has 2 heteroatoms. The third-order valence-corrected chi connectivity index (χ3v) is 2.60. The van der Waals surface area contributed by atoms with E-state index in [-0.39, 0.29) is 1.43 Å². The van der Waals surface area contributed by atoms with Gasteiger partial charge in [0.1, 0.15) is 0 Å². The summed E-state index contributed by atoms with van der Waals surface area (Å²) in [6.07, 6.45) is 5.35. The SMILES string of the molecule is CC.CCCCNCC1CCNCC1.[HH]. The maximum atomic E-state index is 3.53. The Bertz CT molecular complexity index is 104. The fourth-order valence-electron chi connectivity index (χ4n) is 1.69. The van der Waals surface area contributed by atoms with Crippen LogP contribution in [0.25, 0.3) is 0 Å². The van der Waals surface area contributed by atoms with Crippen molar-refractivity contribution in [2.24, 2.45) is 5.92 Å². The molecule has 0 unspecified atom stereocenters. The van der Waals surface area contributed by atoms with Crippen LogP contribution in [0.1, 0.15) is 47.9 Å². The topological polar surface area (TPSA) is 24.1 Å². The molecular formula is C12H30N2. The zero-order valence-corrected chi connectivity index (χ0v) is 10.2. The maximum Gasteiger partial charge on any atom is 0 e. The maximum absolute atomic E-state index is 3.53. The van der Waals surface area contributed by atoms with Crippen LogP contribution in [0.2, 0.25) is 0 Å². The minimum absolute atomic E-state index is 0. The van der Waals surface area contributed by atoms with Crippen LogP contribution in [0.4, 0.5) is 0 Å². The van der Waals surface area contributed by atoms with Gasteiger partial charge in [0.15, 0.2) is 0 Å². The fourth-order valence-corrected chi connectivity index (χ4v) is 1.69. The van der Waals surface area contributed by atoms with E-state index in [4.69, 9.17) is 0 Å². The van der Waals surface area contributed by atoms with Gasteiger partial charge in [0.25, 0.3) is 0 Å². The van der Waals surface area contributed by atoms with Crippen LogP contribution in [0.15, 0.2) is 0 Å². The Morgan fingerprint density at radius 2 is 1.93 bits per heavy atom. The Morgan fingerprint density at radius 1 is 1.29 bits per heavy atom. The van der Waals surface area contributed by atoms with Crippen LogP contribution >= 0.6 is 0 Å². The van der Waals surface area contributed by atoms with E-state index in [1.165, 1.54) is 51.9 Å². The van der Waals surface area contributed by atoms with Crippen molar-refractivity contribution in [2.45, 2.75) is 46.5 Å². The van der Waals surface area contributed by atoms with Gasteiger partial charge in [0.2, 0.25) is 0 Å². The number of piperidine rings is 1. The molecule has 1 fully saturated rings. The lowest BCUT2D eigenvalue weighted by Gasteiger charge is -2.22. The molecule has 0 amide bonds. The molecule has 1 rings (SSSR count). The highest BCUT2D eigenvalue weighted by atomic mass is 14.9. The van der Waals surface area contributed by atoms with Crippen molar-refractivity contribution in [1.29, 1.82) is 0 Å². The molecule has 0 radical (unpaired) electrons. The van der Waals surface area contributed by atoms with Gasteiger partial charge in [0, 0.05) is 1.43 Å². The molecular weight excluding hydrogens is 172 g/mol. The first-order valence-electron chi connectivity index (χ1n) is 6.35. The van der Waals surface area contributed by atoms with Crippen LogP contribution in [-0.4, -0.2) is 26.2 Å². The van der Waals surface area contributed by atoms with E-state index < -0.39 is 0 Å². The standard InChI is InChI=1S/C10H22N2.C2H6.H2/c1-2-3-6-12-9-10-4-7-11-8-5-10;1-2;/h10-12H,2-9H2,1H3;1-2H3;1H. The van der Waals surface area contributed by atoms with Crippen LogP contribution in [0, 0.1) is 5.92 Å². The average Bonchev–Trinajstić information content (AvgIpc) is 2.29. The van der Waals surface area contributed by atoms with Crippen LogP contribution in [0.3, 0.4) is 0 Å². The molecule has 2 N–H and O–H groups in total. The molecule has 0 aromatic heterocycles. The summed E-state index contributed by atoms with van der Waals surface area (Å²) in [6.45, 7) is 11.1. The average molecular weight is 202 g/mol. The van der Waals surface area contributed by atoms with E-state index in [0.29, 0.717) is 0 Å². The van der Waals surface area contributed by atoms with Crippen LogP contribution < -0.4 is 10.6 Å². The highest BCUT2D eigenvalue weighted by molar-refractivity contribution is 4.70. The third kappa shape index (κ3) is 7.34. The molecule has 2 nitrogen and oxygen atoms in total. The van der Waals surface area contributed by atoms with E-state index in [9.17, 15) is 0 Å². The number of hydrogen-bond donors (Lipinski definition) is 2. The number of unbranched alkanes of at least 4 members (excludes halogenated alkanes) is 1. The minimum Gasteiger partial charge on any atom is -0.317 e. The second kappa shape index (κ2) is 11.0. The zero-order valence-electron chi connectivity index (χ0n) is 10.2. The van der Waals surface area contributed by atoms with Gasteiger partial charge in [0.05, 0.1) is 0 Å². The van der Waals surface area contributed by atoms with Gasteiger partial charge < -0.3 is 10.6 Å². The van der Waals surface area contributed by atoms with Gasteiger partial charge >= 0.3 is 0 Å². The normalized spacial score (nSPS) is 17.4. The highest BCUT2D eigenvalue weighted by Gasteiger charge is 2.11. The van der Waals surface area contributed by atoms with Gasteiger partial charge in [-0.05, 0) is 51.4 Å². The summed E-state index contributed by atoms with van der Waals surface area (Å²) in [7, 11) is 0. The van der Waals surface area contributed by atoms with Crippen molar-refractivity contribution in [1.82, 2.24) is 10.6 Å². The van der Waals surface area contributed by atoms with E-state index in [0.717, 1.165) is 5.92 Å². The largest absolute Gasteiger partial charge is 0.317 e. The molecule has 0 atom stereocenters. The van der Waals surface area contributed by atoms with Gasteiger partial charge in [-0.25, -0.2) is 0 Å². The second-order valence-electron chi connectivity index (χ2n) is 3.75. The Balaban J connectivity index is 0. The van der Waals surface area contributed by atoms with E-state index >= 15 is 0 Å². The number of nitrogens with one attached hydrogen (secondary N) is 2. The minimum atomic E-state index is 0. The quantitative estimate of drug-likeness (QED) is 0.670. The lowest BCUT2D eigenvalue weighted by atomic mass is 9.98. The van der Waals surface area contributed by atoms with Crippen molar-refractivity contribution in [3.63, 3.8) is 0 Å². The van der Waals surface area contributed by atoms with Crippen molar-refractivity contribution in [3.05, 3.63) is 0 Å². The van der Waals surface area contributed by atoms with E-state index in [2.05, 4.69) is 17.6 Å². The van der Waals surface area contributed by atoms with Crippen molar-refractivity contribution in [3.8, 4) is 0 Å². The Hall–Kier alpha value is -0.0800.